The number of fused-ring (bicyclic) bond motifs is 1. The summed E-state index contributed by atoms with van der Waals surface area (Å²) < 4.78 is 8.34. The predicted molar refractivity (Wildman–Crippen MR) is 125 cm³/mol. The zero-order valence-corrected chi connectivity index (χ0v) is 19.4. The van der Waals surface area contributed by atoms with Crippen LogP contribution in [-0.2, 0) is 12.0 Å². The van der Waals surface area contributed by atoms with Crippen molar-refractivity contribution >= 4 is 11.5 Å². The number of hydrogen-bond acceptors (Lipinski definition) is 7. The van der Waals surface area contributed by atoms with Crippen molar-refractivity contribution in [3.8, 4) is 11.4 Å². The van der Waals surface area contributed by atoms with E-state index in [0.29, 0.717) is 17.4 Å². The lowest BCUT2D eigenvalue weighted by Gasteiger charge is -2.20. The van der Waals surface area contributed by atoms with Crippen LogP contribution in [0.5, 0.6) is 0 Å². The Labute approximate surface area is 192 Å². The average molecular weight is 448 g/mol. The van der Waals surface area contributed by atoms with E-state index in [1.165, 1.54) is 27.5 Å². The van der Waals surface area contributed by atoms with Crippen LogP contribution in [0, 0.1) is 0 Å². The Bertz CT molecular complexity index is 1300. The molecule has 0 atom stereocenters. The first-order chi connectivity index (χ1) is 15.9. The zero-order valence-electron chi connectivity index (χ0n) is 19.4. The van der Waals surface area contributed by atoms with Crippen molar-refractivity contribution in [1.29, 1.82) is 0 Å². The highest BCUT2D eigenvalue weighted by Crippen LogP contribution is 2.25. The van der Waals surface area contributed by atoms with Crippen molar-refractivity contribution in [3.63, 3.8) is 0 Å². The molecule has 0 N–H and O–H groups in total. The molecule has 3 aromatic heterocycles. The molecule has 4 heterocycles. The monoisotopic (exact) mass is 447 g/mol. The van der Waals surface area contributed by atoms with Crippen LogP contribution < -0.4 is 10.6 Å². The van der Waals surface area contributed by atoms with Crippen molar-refractivity contribution in [1.82, 2.24) is 29.3 Å². The Morgan fingerprint density at radius 1 is 1.03 bits per heavy atom. The largest absolute Gasteiger partial charge is 0.353 e. The number of hydrogen-bond donors (Lipinski definition) is 0. The van der Waals surface area contributed by atoms with Crippen LogP contribution in [0.2, 0.25) is 0 Å². The van der Waals surface area contributed by atoms with Gasteiger partial charge in [0, 0.05) is 31.0 Å². The fraction of sp³-hybridized carbons (Fsp3) is 0.458. The molecule has 172 valence electrons. The summed E-state index contributed by atoms with van der Waals surface area (Å²) in [4.78, 5) is 24.2. The third kappa shape index (κ3) is 4.27. The molecule has 9 nitrogen and oxygen atoms in total. The Morgan fingerprint density at radius 3 is 2.45 bits per heavy atom. The van der Waals surface area contributed by atoms with Gasteiger partial charge in [-0.1, -0.05) is 63.0 Å². The highest BCUT2D eigenvalue weighted by Gasteiger charge is 2.20. The average Bonchev–Trinajstić information content (AvgIpc) is 3.28. The summed E-state index contributed by atoms with van der Waals surface area (Å²) in [6, 6.07) is 8.14. The van der Waals surface area contributed by atoms with Gasteiger partial charge in [0.05, 0.1) is 0 Å². The van der Waals surface area contributed by atoms with Gasteiger partial charge in [0.2, 0.25) is 17.4 Å². The van der Waals surface area contributed by atoms with E-state index in [2.05, 4.69) is 58.0 Å². The third-order valence-corrected chi connectivity index (χ3v) is 6.15. The maximum Gasteiger partial charge on any atom is 0.350 e. The van der Waals surface area contributed by atoms with E-state index in [1.807, 2.05) is 12.1 Å². The second-order valence-corrected chi connectivity index (χ2v) is 9.63. The van der Waals surface area contributed by atoms with Gasteiger partial charge < -0.3 is 9.42 Å². The minimum atomic E-state index is -0.252. The molecule has 1 aromatic carbocycles. The zero-order chi connectivity index (χ0) is 23.0. The van der Waals surface area contributed by atoms with Crippen molar-refractivity contribution in [2.24, 2.45) is 0 Å². The second kappa shape index (κ2) is 8.46. The molecule has 1 fully saturated rings. The normalized spacial score (nSPS) is 15.2. The quantitative estimate of drug-likeness (QED) is 0.471. The molecule has 1 saturated heterocycles. The lowest BCUT2D eigenvalue weighted by atomic mass is 9.87. The molecule has 5 rings (SSSR count). The smallest absolute Gasteiger partial charge is 0.350 e. The second-order valence-electron chi connectivity index (χ2n) is 9.63. The Morgan fingerprint density at radius 2 is 1.76 bits per heavy atom. The van der Waals surface area contributed by atoms with Gasteiger partial charge >= 0.3 is 5.69 Å². The van der Waals surface area contributed by atoms with Crippen LogP contribution in [0.25, 0.3) is 17.0 Å². The SMILES string of the molecule is CC(C)(C)c1ccc(-c2noc(Cn3nc4c(N5CCCCCC5)nccn4c3=O)n2)cc1. The van der Waals surface area contributed by atoms with Crippen LogP contribution in [0.15, 0.2) is 46.0 Å². The molecule has 0 spiro atoms. The van der Waals surface area contributed by atoms with Crippen molar-refractivity contribution in [3.05, 3.63) is 58.6 Å². The first kappa shape index (κ1) is 21.4. The van der Waals surface area contributed by atoms with Gasteiger partial charge in [-0.15, -0.1) is 5.10 Å². The minimum absolute atomic E-state index is 0.0757. The van der Waals surface area contributed by atoms with E-state index in [1.54, 1.807) is 12.4 Å². The molecule has 0 radical (unpaired) electrons. The van der Waals surface area contributed by atoms with Gasteiger partial charge in [0.25, 0.3) is 0 Å². The van der Waals surface area contributed by atoms with Gasteiger partial charge in [0.1, 0.15) is 6.54 Å². The summed E-state index contributed by atoms with van der Waals surface area (Å²) in [7, 11) is 0. The maximum atomic E-state index is 13.0. The maximum absolute atomic E-state index is 13.0. The number of nitrogens with zero attached hydrogens (tertiary/aromatic N) is 7. The van der Waals surface area contributed by atoms with E-state index < -0.39 is 0 Å². The third-order valence-electron chi connectivity index (χ3n) is 6.15. The van der Waals surface area contributed by atoms with Gasteiger partial charge in [-0.2, -0.15) is 4.98 Å². The molecule has 0 saturated carbocycles. The van der Waals surface area contributed by atoms with Crippen LogP contribution in [0.4, 0.5) is 5.82 Å². The summed E-state index contributed by atoms with van der Waals surface area (Å²) >= 11 is 0. The molecule has 0 unspecified atom stereocenters. The summed E-state index contributed by atoms with van der Waals surface area (Å²) in [5, 5.41) is 8.67. The molecule has 0 bridgehead atoms. The highest BCUT2D eigenvalue weighted by molar-refractivity contribution is 5.63. The van der Waals surface area contributed by atoms with E-state index in [9.17, 15) is 4.79 Å². The molecule has 9 heteroatoms. The first-order valence-electron chi connectivity index (χ1n) is 11.5. The molecule has 33 heavy (non-hydrogen) atoms. The Kier molecular flexibility index (Phi) is 5.47. The predicted octanol–water partition coefficient (Wildman–Crippen LogP) is 3.67. The van der Waals surface area contributed by atoms with Crippen molar-refractivity contribution in [2.75, 3.05) is 18.0 Å². The number of rotatable bonds is 4. The van der Waals surface area contributed by atoms with Crippen molar-refractivity contribution in [2.45, 2.75) is 58.4 Å². The van der Waals surface area contributed by atoms with Crippen LogP contribution >= 0.6 is 0 Å². The summed E-state index contributed by atoms with van der Waals surface area (Å²) in [5.74, 6) is 1.58. The van der Waals surface area contributed by atoms with Crippen molar-refractivity contribution < 1.29 is 4.52 Å². The number of anilines is 1. The van der Waals surface area contributed by atoms with E-state index in [-0.39, 0.29) is 17.6 Å². The molecular formula is C24H29N7O2. The molecule has 1 aliphatic heterocycles. The van der Waals surface area contributed by atoms with Crippen LogP contribution in [0.3, 0.4) is 0 Å². The Balaban J connectivity index is 1.41. The summed E-state index contributed by atoms with van der Waals surface area (Å²) in [6.45, 7) is 8.48. The number of benzene rings is 1. The standard InChI is InChI=1S/C24H29N7O2/c1-24(2,3)18-10-8-17(9-11-18)20-26-19(33-28-20)16-31-23(32)30-15-12-25-21(22(30)27-31)29-13-6-4-5-7-14-29/h8-12,15H,4-7,13-14,16H2,1-3H3. The van der Waals surface area contributed by atoms with Gasteiger partial charge in [-0.05, 0) is 23.8 Å². The van der Waals surface area contributed by atoms with E-state index >= 15 is 0 Å². The molecule has 0 aliphatic carbocycles. The fourth-order valence-electron chi connectivity index (χ4n) is 4.23. The highest BCUT2D eigenvalue weighted by atomic mass is 16.5. The van der Waals surface area contributed by atoms with Gasteiger partial charge in [-0.3, -0.25) is 0 Å². The molecule has 0 amide bonds. The van der Waals surface area contributed by atoms with Gasteiger partial charge in [-0.25, -0.2) is 18.9 Å². The molecule has 4 aromatic rings. The summed E-state index contributed by atoms with van der Waals surface area (Å²) in [6.07, 6.45) is 7.99. The lowest BCUT2D eigenvalue weighted by molar-refractivity contribution is 0.364. The van der Waals surface area contributed by atoms with Crippen LogP contribution in [-0.4, -0.2) is 42.4 Å². The van der Waals surface area contributed by atoms with Crippen LogP contribution in [0.1, 0.15) is 57.9 Å². The van der Waals surface area contributed by atoms with E-state index in [0.717, 1.165) is 37.3 Å². The number of aromatic nitrogens is 6. The fourth-order valence-corrected chi connectivity index (χ4v) is 4.23. The summed E-state index contributed by atoms with van der Waals surface area (Å²) in [5.41, 5.74) is 2.49. The first-order valence-corrected chi connectivity index (χ1v) is 11.5. The minimum Gasteiger partial charge on any atom is -0.353 e. The lowest BCUT2D eigenvalue weighted by Crippen LogP contribution is -2.26. The molecular weight excluding hydrogens is 418 g/mol. The van der Waals surface area contributed by atoms with Gasteiger partial charge in [0.15, 0.2) is 5.82 Å². The topological polar surface area (TPSA) is 94.4 Å². The Hall–Kier alpha value is -3.49. The van der Waals surface area contributed by atoms with E-state index in [4.69, 9.17) is 4.52 Å². The molecule has 1 aliphatic rings.